The van der Waals surface area contributed by atoms with E-state index in [1.807, 2.05) is 11.8 Å². The smallest absolute Gasteiger partial charge is 0.125 e. The highest BCUT2D eigenvalue weighted by atomic mass is 32.2. The first-order valence-corrected chi connectivity index (χ1v) is 7.47. The van der Waals surface area contributed by atoms with Gasteiger partial charge in [0, 0.05) is 29.3 Å². The van der Waals surface area contributed by atoms with E-state index in [0.29, 0.717) is 11.4 Å². The predicted octanol–water partition coefficient (Wildman–Crippen LogP) is 2.74. The molecular weight excluding hydrogens is 246 g/mol. The molecule has 18 heavy (non-hydrogen) atoms. The van der Waals surface area contributed by atoms with Crippen LogP contribution in [0.25, 0.3) is 0 Å². The summed E-state index contributed by atoms with van der Waals surface area (Å²) in [7, 11) is 1.74. The molecule has 0 aliphatic carbocycles. The van der Waals surface area contributed by atoms with Crippen LogP contribution >= 0.6 is 11.8 Å². The van der Waals surface area contributed by atoms with Crippen LogP contribution in [0.15, 0.2) is 12.1 Å². The van der Waals surface area contributed by atoms with E-state index >= 15 is 0 Å². The van der Waals surface area contributed by atoms with Gasteiger partial charge in [0.15, 0.2) is 0 Å². The van der Waals surface area contributed by atoms with Crippen LogP contribution < -0.4 is 14.8 Å². The molecule has 1 saturated heterocycles. The Morgan fingerprint density at radius 2 is 2.22 bits per heavy atom. The maximum absolute atomic E-state index is 5.84. The van der Waals surface area contributed by atoms with Crippen LogP contribution in [0, 0.1) is 0 Å². The Morgan fingerprint density at radius 3 is 2.89 bits per heavy atom. The van der Waals surface area contributed by atoms with Crippen molar-refractivity contribution in [3.63, 3.8) is 0 Å². The van der Waals surface area contributed by atoms with E-state index < -0.39 is 0 Å². The van der Waals surface area contributed by atoms with E-state index in [4.69, 9.17) is 9.47 Å². The summed E-state index contributed by atoms with van der Waals surface area (Å²) in [6.07, 6.45) is 1.26. The molecular formula is C14H19NO2S. The monoisotopic (exact) mass is 265 g/mol. The van der Waals surface area contributed by atoms with E-state index in [0.717, 1.165) is 23.7 Å². The summed E-state index contributed by atoms with van der Waals surface area (Å²) in [5.41, 5.74) is 2.47. The third-order valence-corrected chi connectivity index (χ3v) is 4.90. The lowest BCUT2D eigenvalue weighted by Crippen LogP contribution is -2.22. The average molecular weight is 265 g/mol. The van der Waals surface area contributed by atoms with Crippen molar-refractivity contribution in [3.8, 4) is 11.5 Å². The van der Waals surface area contributed by atoms with Crippen LogP contribution in [0.3, 0.4) is 0 Å². The van der Waals surface area contributed by atoms with Crippen LogP contribution in [0.1, 0.15) is 30.3 Å². The number of nitrogens with one attached hydrogen (secondary N) is 1. The van der Waals surface area contributed by atoms with Crippen molar-refractivity contribution in [2.24, 2.45) is 0 Å². The van der Waals surface area contributed by atoms with Gasteiger partial charge in [0.2, 0.25) is 0 Å². The predicted molar refractivity (Wildman–Crippen MR) is 74.6 cm³/mol. The molecule has 0 radical (unpaired) electrons. The Hall–Kier alpha value is -0.870. The molecule has 98 valence electrons. The quantitative estimate of drug-likeness (QED) is 0.890. The number of fused-ring (bicyclic) bond motifs is 1. The number of hydrogen-bond donors (Lipinski definition) is 1. The summed E-state index contributed by atoms with van der Waals surface area (Å²) < 4.78 is 11.4. The average Bonchev–Trinajstić information content (AvgIpc) is 2.91. The fourth-order valence-corrected chi connectivity index (χ4v) is 3.88. The zero-order valence-electron chi connectivity index (χ0n) is 11.0. The van der Waals surface area contributed by atoms with Gasteiger partial charge in [-0.15, -0.1) is 11.8 Å². The SMILES string of the molecule is COc1cc2c(cc1C1NC(C)CS1)OC(C)C2. The lowest BCUT2D eigenvalue weighted by molar-refractivity contribution is 0.254. The lowest BCUT2D eigenvalue weighted by atomic mass is 10.1. The highest BCUT2D eigenvalue weighted by Gasteiger charge is 2.28. The van der Waals surface area contributed by atoms with Gasteiger partial charge in [-0.3, -0.25) is 5.32 Å². The molecule has 1 fully saturated rings. The van der Waals surface area contributed by atoms with Crippen molar-refractivity contribution in [1.82, 2.24) is 5.32 Å². The highest BCUT2D eigenvalue weighted by molar-refractivity contribution is 7.99. The number of methoxy groups -OCH3 is 1. The molecule has 0 saturated carbocycles. The number of hydrogen-bond acceptors (Lipinski definition) is 4. The molecule has 3 nitrogen and oxygen atoms in total. The maximum Gasteiger partial charge on any atom is 0.125 e. The van der Waals surface area contributed by atoms with Gasteiger partial charge >= 0.3 is 0 Å². The minimum absolute atomic E-state index is 0.281. The molecule has 1 aromatic rings. The van der Waals surface area contributed by atoms with Crippen molar-refractivity contribution in [3.05, 3.63) is 23.3 Å². The largest absolute Gasteiger partial charge is 0.496 e. The Kier molecular flexibility index (Phi) is 3.16. The minimum atomic E-state index is 0.281. The summed E-state index contributed by atoms with van der Waals surface area (Å²) in [5.74, 6) is 3.15. The van der Waals surface area contributed by atoms with E-state index in [1.54, 1.807) is 7.11 Å². The molecule has 2 aliphatic rings. The maximum atomic E-state index is 5.84. The Morgan fingerprint density at radius 1 is 1.39 bits per heavy atom. The molecule has 0 bridgehead atoms. The fourth-order valence-electron chi connectivity index (χ4n) is 2.61. The van der Waals surface area contributed by atoms with E-state index in [2.05, 4.69) is 31.3 Å². The second kappa shape index (κ2) is 4.67. The van der Waals surface area contributed by atoms with Crippen LogP contribution in [-0.4, -0.2) is 25.0 Å². The number of ether oxygens (including phenoxy) is 2. The first kappa shape index (κ1) is 12.2. The topological polar surface area (TPSA) is 30.5 Å². The van der Waals surface area contributed by atoms with E-state index in [9.17, 15) is 0 Å². The molecule has 1 aromatic carbocycles. The Bertz CT molecular complexity index is 463. The fraction of sp³-hybridized carbons (Fsp3) is 0.571. The van der Waals surface area contributed by atoms with Gasteiger partial charge in [-0.05, 0) is 26.0 Å². The van der Waals surface area contributed by atoms with Crippen LogP contribution in [0.4, 0.5) is 0 Å². The van der Waals surface area contributed by atoms with Crippen molar-refractivity contribution < 1.29 is 9.47 Å². The molecule has 0 aromatic heterocycles. The molecule has 0 spiro atoms. The van der Waals surface area contributed by atoms with E-state index in [1.165, 1.54) is 11.1 Å². The molecule has 3 rings (SSSR count). The first-order chi connectivity index (χ1) is 8.67. The van der Waals surface area contributed by atoms with Crippen LogP contribution in [-0.2, 0) is 6.42 Å². The van der Waals surface area contributed by atoms with Crippen molar-refractivity contribution in [2.75, 3.05) is 12.9 Å². The third-order valence-electron chi connectivity index (χ3n) is 3.48. The normalized spacial score (nSPS) is 30.1. The number of benzene rings is 1. The van der Waals surface area contributed by atoms with Gasteiger partial charge in [-0.25, -0.2) is 0 Å². The van der Waals surface area contributed by atoms with Gasteiger partial charge in [0.1, 0.15) is 17.6 Å². The molecule has 3 atom stereocenters. The summed E-state index contributed by atoms with van der Waals surface area (Å²) in [4.78, 5) is 0. The Balaban J connectivity index is 1.96. The number of rotatable bonds is 2. The van der Waals surface area contributed by atoms with E-state index in [-0.39, 0.29) is 6.10 Å². The van der Waals surface area contributed by atoms with Gasteiger partial charge in [0.05, 0.1) is 12.5 Å². The minimum Gasteiger partial charge on any atom is -0.496 e. The van der Waals surface area contributed by atoms with Gasteiger partial charge in [-0.1, -0.05) is 0 Å². The van der Waals surface area contributed by atoms with Gasteiger partial charge in [0.25, 0.3) is 0 Å². The van der Waals surface area contributed by atoms with Crippen molar-refractivity contribution >= 4 is 11.8 Å². The van der Waals surface area contributed by atoms with Crippen LogP contribution in [0.5, 0.6) is 11.5 Å². The zero-order chi connectivity index (χ0) is 12.7. The second-order valence-electron chi connectivity index (χ2n) is 5.12. The zero-order valence-corrected chi connectivity index (χ0v) is 11.8. The summed E-state index contributed by atoms with van der Waals surface area (Å²) in [5, 5.41) is 3.89. The first-order valence-electron chi connectivity index (χ1n) is 6.42. The molecule has 3 unspecified atom stereocenters. The van der Waals surface area contributed by atoms with Crippen molar-refractivity contribution in [1.29, 1.82) is 0 Å². The summed E-state index contributed by atoms with van der Waals surface area (Å²) in [6, 6.07) is 4.84. The molecule has 0 amide bonds. The van der Waals surface area contributed by atoms with Gasteiger partial charge in [-0.2, -0.15) is 0 Å². The standard InChI is InChI=1S/C14H19NO2S/c1-8-7-18-14(15-8)11-6-12-10(4-9(2)17-12)5-13(11)16-3/h5-6,8-9,14-15H,4,7H2,1-3H3. The number of thioether (sulfide) groups is 1. The van der Waals surface area contributed by atoms with Crippen LogP contribution in [0.2, 0.25) is 0 Å². The molecule has 4 heteroatoms. The van der Waals surface area contributed by atoms with Gasteiger partial charge < -0.3 is 9.47 Å². The summed E-state index contributed by atoms with van der Waals surface area (Å²) >= 11 is 1.93. The molecule has 2 heterocycles. The lowest BCUT2D eigenvalue weighted by Gasteiger charge is -2.16. The second-order valence-corrected chi connectivity index (χ2v) is 6.25. The Labute approximate surface area is 112 Å². The summed E-state index contributed by atoms with van der Waals surface area (Å²) in [6.45, 7) is 4.32. The molecule has 1 N–H and O–H groups in total. The third kappa shape index (κ3) is 2.08. The van der Waals surface area contributed by atoms with Crippen molar-refractivity contribution in [2.45, 2.75) is 37.8 Å². The highest BCUT2D eigenvalue weighted by Crippen LogP contribution is 2.42. The molecule has 2 aliphatic heterocycles.